The van der Waals surface area contributed by atoms with Gasteiger partial charge < -0.3 is 39.2 Å². The molecule has 1 atom stereocenters. The molecule has 36 heavy (non-hydrogen) atoms. The van der Waals surface area contributed by atoms with Gasteiger partial charge in [0.25, 0.3) is 5.91 Å². The molecule has 0 bridgehead atoms. The number of fused-ring (bicyclic) bond motifs is 2. The molecule has 1 unspecified atom stereocenters. The van der Waals surface area contributed by atoms with Gasteiger partial charge >= 0.3 is 0 Å². The Bertz CT molecular complexity index is 1270. The van der Waals surface area contributed by atoms with Crippen LogP contribution in [0.15, 0.2) is 30.3 Å². The number of hydrogen-bond acceptors (Lipinski definition) is 10. The van der Waals surface area contributed by atoms with Crippen molar-refractivity contribution in [2.45, 2.75) is 6.10 Å². The number of nitrogens with zero attached hydrogens (tertiary/aromatic N) is 4. The summed E-state index contributed by atoms with van der Waals surface area (Å²) in [5.41, 5.74) is 6.89. The third-order valence-corrected chi connectivity index (χ3v) is 6.18. The van der Waals surface area contributed by atoms with E-state index >= 15 is 0 Å². The van der Waals surface area contributed by atoms with Crippen LogP contribution in [-0.4, -0.2) is 81.0 Å². The molecule has 0 spiro atoms. The van der Waals surface area contributed by atoms with Gasteiger partial charge in [-0.05, 0) is 18.2 Å². The number of piperazine rings is 1. The number of amides is 1. The zero-order valence-electron chi connectivity index (χ0n) is 20.2. The minimum Gasteiger partial charge on any atom is -0.497 e. The summed E-state index contributed by atoms with van der Waals surface area (Å²) in [5.74, 6) is 3.64. The molecule has 2 N–H and O–H groups in total. The van der Waals surface area contributed by atoms with Gasteiger partial charge in [-0.15, -0.1) is 12.4 Å². The van der Waals surface area contributed by atoms with Gasteiger partial charge in [-0.3, -0.25) is 4.79 Å². The van der Waals surface area contributed by atoms with Crippen LogP contribution in [0, 0.1) is 0 Å². The molecule has 12 heteroatoms. The van der Waals surface area contributed by atoms with E-state index in [1.54, 1.807) is 56.6 Å². The van der Waals surface area contributed by atoms with Gasteiger partial charge in [0.1, 0.15) is 18.2 Å². The minimum absolute atomic E-state index is 0. The van der Waals surface area contributed by atoms with E-state index in [9.17, 15) is 4.79 Å². The largest absolute Gasteiger partial charge is 0.497 e. The highest BCUT2D eigenvalue weighted by atomic mass is 35.5. The van der Waals surface area contributed by atoms with Crippen molar-refractivity contribution in [3.63, 3.8) is 0 Å². The minimum atomic E-state index is -0.697. The molecule has 0 saturated carbocycles. The first-order valence-electron chi connectivity index (χ1n) is 11.2. The maximum atomic E-state index is 13.1. The third-order valence-electron chi connectivity index (χ3n) is 6.18. The molecule has 1 aromatic heterocycles. The molecule has 0 radical (unpaired) electrons. The number of hydrogen-bond donors (Lipinski definition) is 1. The van der Waals surface area contributed by atoms with E-state index in [1.807, 2.05) is 4.90 Å². The molecule has 3 aromatic rings. The fraction of sp³-hybridized carbons (Fsp3) is 0.375. The van der Waals surface area contributed by atoms with Crippen molar-refractivity contribution < 1.29 is 28.5 Å². The molecule has 5 rings (SSSR count). The lowest BCUT2D eigenvalue weighted by Gasteiger charge is -2.37. The van der Waals surface area contributed by atoms with E-state index in [0.717, 1.165) is 0 Å². The van der Waals surface area contributed by atoms with Crippen molar-refractivity contribution >= 4 is 41.0 Å². The SMILES string of the molecule is COc1ccc2c(c1)OCC(C(=O)N1CCN(c3nc(N)c4cc(OC)c(OC)cc4n3)CC1)O2.Cl. The van der Waals surface area contributed by atoms with Gasteiger partial charge in [0.15, 0.2) is 23.0 Å². The summed E-state index contributed by atoms with van der Waals surface area (Å²) < 4.78 is 27.6. The van der Waals surface area contributed by atoms with Gasteiger partial charge in [-0.25, -0.2) is 4.98 Å². The molecule has 2 aliphatic rings. The summed E-state index contributed by atoms with van der Waals surface area (Å²) in [5, 5.41) is 0.688. The molecule has 2 aliphatic heterocycles. The van der Waals surface area contributed by atoms with Gasteiger partial charge in [-0.2, -0.15) is 4.98 Å². The molecule has 1 fully saturated rings. The second-order valence-corrected chi connectivity index (χ2v) is 8.18. The Morgan fingerprint density at radius 3 is 2.39 bits per heavy atom. The van der Waals surface area contributed by atoms with E-state index in [-0.39, 0.29) is 24.9 Å². The summed E-state index contributed by atoms with van der Waals surface area (Å²) >= 11 is 0. The number of nitrogen functional groups attached to an aromatic ring is 1. The van der Waals surface area contributed by atoms with Crippen molar-refractivity contribution in [2.24, 2.45) is 0 Å². The molecule has 0 aliphatic carbocycles. The first-order valence-corrected chi connectivity index (χ1v) is 11.2. The molecule has 3 heterocycles. The number of carbonyl (C=O) groups is 1. The summed E-state index contributed by atoms with van der Waals surface area (Å²) in [6.45, 7) is 2.27. The molecule has 11 nitrogen and oxygen atoms in total. The summed E-state index contributed by atoms with van der Waals surface area (Å²) in [6.07, 6.45) is -0.697. The Balaban J connectivity index is 0.00000304. The van der Waals surface area contributed by atoms with E-state index in [1.165, 1.54) is 0 Å². The van der Waals surface area contributed by atoms with Crippen LogP contribution in [0.4, 0.5) is 11.8 Å². The standard InChI is InChI=1S/C24H27N5O6.ClH/c1-31-14-4-5-17-20(10-14)34-13-21(35-17)23(30)28-6-8-29(9-7-28)24-26-16-12-19(33-3)18(32-2)11-15(16)22(25)27-24;/h4-5,10-12,21H,6-9,13H2,1-3H3,(H2,25,26,27);1H. The predicted molar refractivity (Wildman–Crippen MR) is 136 cm³/mol. The Labute approximate surface area is 214 Å². The monoisotopic (exact) mass is 517 g/mol. The lowest BCUT2D eigenvalue weighted by molar-refractivity contribution is -0.141. The van der Waals surface area contributed by atoms with E-state index in [2.05, 4.69) is 9.97 Å². The third kappa shape index (κ3) is 4.66. The van der Waals surface area contributed by atoms with Crippen molar-refractivity contribution in [1.82, 2.24) is 14.9 Å². The first kappa shape index (κ1) is 25.2. The van der Waals surface area contributed by atoms with Crippen molar-refractivity contribution in [2.75, 3.05) is 64.7 Å². The highest BCUT2D eigenvalue weighted by Crippen LogP contribution is 2.36. The van der Waals surface area contributed by atoms with Crippen LogP contribution in [-0.2, 0) is 4.79 Å². The smallest absolute Gasteiger partial charge is 0.267 e. The lowest BCUT2D eigenvalue weighted by atomic mass is 10.2. The molecule has 2 aromatic carbocycles. The topological polar surface area (TPSA) is 122 Å². The van der Waals surface area contributed by atoms with E-state index in [4.69, 9.17) is 29.4 Å². The quantitative estimate of drug-likeness (QED) is 0.538. The number of anilines is 2. The molecule has 1 saturated heterocycles. The Hall–Kier alpha value is -3.86. The Morgan fingerprint density at radius 2 is 1.69 bits per heavy atom. The Kier molecular flexibility index (Phi) is 7.30. The predicted octanol–water partition coefficient (Wildman–Crippen LogP) is 2.15. The fourth-order valence-corrected chi connectivity index (χ4v) is 4.24. The van der Waals surface area contributed by atoms with Crippen LogP contribution in [0.1, 0.15) is 0 Å². The van der Waals surface area contributed by atoms with Crippen LogP contribution < -0.4 is 34.3 Å². The lowest BCUT2D eigenvalue weighted by Crippen LogP contribution is -2.54. The highest BCUT2D eigenvalue weighted by Gasteiger charge is 2.33. The molecule has 1 amide bonds. The zero-order chi connectivity index (χ0) is 24.5. The average molecular weight is 518 g/mol. The number of halogens is 1. The van der Waals surface area contributed by atoms with Crippen LogP contribution in [0.5, 0.6) is 28.7 Å². The zero-order valence-corrected chi connectivity index (χ0v) is 21.0. The second-order valence-electron chi connectivity index (χ2n) is 8.18. The maximum Gasteiger partial charge on any atom is 0.267 e. The summed E-state index contributed by atoms with van der Waals surface area (Å²) in [4.78, 5) is 26.1. The number of methoxy groups -OCH3 is 3. The normalized spacial score (nSPS) is 16.8. The number of aromatic nitrogens is 2. The van der Waals surface area contributed by atoms with Crippen LogP contribution >= 0.6 is 12.4 Å². The van der Waals surface area contributed by atoms with Gasteiger partial charge in [0.2, 0.25) is 12.1 Å². The number of nitrogens with two attached hydrogens (primary N) is 1. The average Bonchev–Trinajstić information content (AvgIpc) is 2.91. The Morgan fingerprint density at radius 1 is 0.972 bits per heavy atom. The molecular weight excluding hydrogens is 490 g/mol. The number of benzene rings is 2. The van der Waals surface area contributed by atoms with Crippen molar-refractivity contribution in [3.05, 3.63) is 30.3 Å². The summed E-state index contributed by atoms with van der Waals surface area (Å²) in [6, 6.07) is 8.82. The van der Waals surface area contributed by atoms with Crippen LogP contribution in [0.25, 0.3) is 10.9 Å². The first-order chi connectivity index (χ1) is 17.0. The number of carbonyl (C=O) groups excluding carboxylic acids is 1. The molecular formula is C24H28ClN5O6. The van der Waals surface area contributed by atoms with Crippen molar-refractivity contribution in [1.29, 1.82) is 0 Å². The van der Waals surface area contributed by atoms with Crippen LogP contribution in [0.3, 0.4) is 0 Å². The van der Waals surface area contributed by atoms with Crippen molar-refractivity contribution in [3.8, 4) is 28.7 Å². The maximum absolute atomic E-state index is 13.1. The van der Waals surface area contributed by atoms with E-state index in [0.29, 0.717) is 77.6 Å². The van der Waals surface area contributed by atoms with E-state index < -0.39 is 6.10 Å². The fourth-order valence-electron chi connectivity index (χ4n) is 4.24. The molecule has 192 valence electrons. The highest BCUT2D eigenvalue weighted by molar-refractivity contribution is 5.91. The van der Waals surface area contributed by atoms with Gasteiger partial charge in [0, 0.05) is 43.7 Å². The number of ether oxygens (including phenoxy) is 5. The van der Waals surface area contributed by atoms with Gasteiger partial charge in [0.05, 0.1) is 26.8 Å². The van der Waals surface area contributed by atoms with Crippen LogP contribution in [0.2, 0.25) is 0 Å². The summed E-state index contributed by atoms with van der Waals surface area (Å²) in [7, 11) is 4.72. The second kappa shape index (κ2) is 10.4. The number of rotatable bonds is 5. The van der Waals surface area contributed by atoms with Gasteiger partial charge in [-0.1, -0.05) is 0 Å².